The molecule has 0 aromatic rings. The van der Waals surface area contributed by atoms with Gasteiger partial charge in [-0.15, -0.1) is 0 Å². The third-order valence-electron chi connectivity index (χ3n) is 4.37. The Balaban J connectivity index is 2.08. The summed E-state index contributed by atoms with van der Waals surface area (Å²) in [6.07, 6.45) is -3.87. The fourth-order valence-electron chi connectivity index (χ4n) is 3.23. The van der Waals surface area contributed by atoms with E-state index >= 15 is 0 Å². The largest absolute Gasteiger partial charge is 0.463 e. The second kappa shape index (κ2) is 10.5. The Morgan fingerprint density at radius 1 is 1.10 bits per heavy atom. The van der Waals surface area contributed by atoms with Crippen LogP contribution in [0.4, 0.5) is 0 Å². The van der Waals surface area contributed by atoms with E-state index in [9.17, 15) is 14.4 Å². The molecule has 0 aromatic carbocycles. The van der Waals surface area contributed by atoms with Gasteiger partial charge in [0.15, 0.2) is 18.1 Å². The molecule has 30 heavy (non-hydrogen) atoms. The molecule has 12 heteroatoms. The van der Waals surface area contributed by atoms with Gasteiger partial charge in [-0.2, -0.15) is 0 Å². The highest BCUT2D eigenvalue weighted by Gasteiger charge is 2.56. The lowest BCUT2D eigenvalue weighted by Gasteiger charge is -2.26. The predicted molar refractivity (Wildman–Crippen MR) is 100 cm³/mol. The lowest BCUT2D eigenvalue weighted by molar-refractivity contribution is -0.197. The number of esters is 1. The molecule has 5 atom stereocenters. The van der Waals surface area contributed by atoms with Crippen LogP contribution in [0.5, 0.6) is 0 Å². The number of nitrogens with one attached hydrogen (secondary N) is 2. The second-order valence-corrected chi connectivity index (χ2v) is 7.22. The van der Waals surface area contributed by atoms with Crippen molar-refractivity contribution in [1.82, 2.24) is 10.6 Å². The van der Waals surface area contributed by atoms with E-state index in [0.29, 0.717) is 13.2 Å². The van der Waals surface area contributed by atoms with Crippen LogP contribution in [-0.4, -0.2) is 80.4 Å². The Hall–Kier alpha value is -1.83. The summed E-state index contributed by atoms with van der Waals surface area (Å²) in [7, 11) is 0. The van der Waals surface area contributed by atoms with Gasteiger partial charge in [-0.1, -0.05) is 0 Å². The summed E-state index contributed by atoms with van der Waals surface area (Å²) in [6.45, 7) is 8.69. The summed E-state index contributed by atoms with van der Waals surface area (Å²) >= 11 is 0. The molecule has 4 N–H and O–H groups in total. The number of rotatable bonds is 11. The molecule has 0 radical (unpaired) electrons. The summed E-state index contributed by atoms with van der Waals surface area (Å²) in [4.78, 5) is 35.8. The zero-order valence-corrected chi connectivity index (χ0v) is 17.8. The van der Waals surface area contributed by atoms with E-state index < -0.39 is 60.6 Å². The fraction of sp³-hybridized carbons (Fsp3) is 0.833. The predicted octanol–water partition coefficient (Wildman–Crippen LogP) is -1.29. The molecule has 0 aromatic heterocycles. The number of amides is 2. The molecule has 0 aliphatic carbocycles. The molecular formula is C18H31N3O9. The van der Waals surface area contributed by atoms with Crippen molar-refractivity contribution in [2.75, 3.05) is 19.8 Å². The standard InChI is InChI=1S/C18H31N3O9/c1-6-25-17(26-7-2)20-11(14(19)23)15(24)21-16-13-12(29-18(4,5)30-13)10(28-16)8-27-9(3)22/h10-13,16-17,20H,6-8H2,1-5H3,(H2,19,23)(H,21,24)/t10-,11?,12-,13-,16?/m1/s1. The normalized spacial score (nSPS) is 28.2. The lowest BCUT2D eigenvalue weighted by atomic mass is 10.1. The molecule has 2 fully saturated rings. The summed E-state index contributed by atoms with van der Waals surface area (Å²) in [5.41, 5.74) is 5.38. The highest BCUT2D eigenvalue weighted by atomic mass is 16.8. The number of nitrogens with two attached hydrogens (primary N) is 1. The van der Waals surface area contributed by atoms with Gasteiger partial charge in [0.05, 0.1) is 0 Å². The number of ether oxygens (including phenoxy) is 6. The molecule has 172 valence electrons. The van der Waals surface area contributed by atoms with Crippen LogP contribution in [0.15, 0.2) is 0 Å². The van der Waals surface area contributed by atoms with Crippen LogP contribution in [0.25, 0.3) is 0 Å². The van der Waals surface area contributed by atoms with Crippen molar-refractivity contribution in [1.29, 1.82) is 0 Å². The molecule has 12 nitrogen and oxygen atoms in total. The van der Waals surface area contributed by atoms with Crippen LogP contribution in [0, 0.1) is 0 Å². The summed E-state index contributed by atoms with van der Waals surface area (Å²) in [6, 6.07) is -1.45. The number of hydrogen-bond donors (Lipinski definition) is 3. The van der Waals surface area contributed by atoms with Crippen molar-refractivity contribution < 1.29 is 42.8 Å². The van der Waals surface area contributed by atoms with Gasteiger partial charge in [0.1, 0.15) is 24.9 Å². The third-order valence-corrected chi connectivity index (χ3v) is 4.37. The second-order valence-electron chi connectivity index (χ2n) is 7.22. The first-order chi connectivity index (χ1) is 14.1. The lowest BCUT2D eigenvalue weighted by Crippen LogP contribution is -2.59. The quantitative estimate of drug-likeness (QED) is 0.203. The number of hydrogen-bond acceptors (Lipinski definition) is 10. The van der Waals surface area contributed by atoms with Crippen molar-refractivity contribution >= 4 is 17.8 Å². The van der Waals surface area contributed by atoms with Crippen LogP contribution in [0.3, 0.4) is 0 Å². The van der Waals surface area contributed by atoms with Gasteiger partial charge in [-0.05, 0) is 27.7 Å². The molecular weight excluding hydrogens is 402 g/mol. The SMILES string of the molecule is CCOC(NC(C(N)=O)C(=O)NC1O[C@H](COC(C)=O)[C@H]2OC(C)(C)O[C@@H]12)OCC. The maximum atomic E-state index is 12.8. The monoisotopic (exact) mass is 433 g/mol. The van der Waals surface area contributed by atoms with Gasteiger partial charge in [-0.25, -0.2) is 5.32 Å². The van der Waals surface area contributed by atoms with Crippen molar-refractivity contribution in [2.45, 2.75) is 77.4 Å². The molecule has 2 unspecified atom stereocenters. The minimum absolute atomic E-state index is 0.0729. The van der Waals surface area contributed by atoms with Crippen LogP contribution >= 0.6 is 0 Å². The number of primary amides is 1. The van der Waals surface area contributed by atoms with Crippen molar-refractivity contribution in [3.8, 4) is 0 Å². The van der Waals surface area contributed by atoms with Gasteiger partial charge in [0, 0.05) is 20.1 Å². The first kappa shape index (κ1) is 24.4. The number of carbonyl (C=O) groups excluding carboxylic acids is 3. The number of fused-ring (bicyclic) bond motifs is 1. The van der Waals surface area contributed by atoms with E-state index in [1.165, 1.54) is 6.92 Å². The van der Waals surface area contributed by atoms with Crippen molar-refractivity contribution in [3.05, 3.63) is 0 Å². The van der Waals surface area contributed by atoms with Crippen LogP contribution in [0.2, 0.25) is 0 Å². The first-order valence-electron chi connectivity index (χ1n) is 9.81. The van der Waals surface area contributed by atoms with E-state index in [-0.39, 0.29) is 6.61 Å². The Morgan fingerprint density at radius 3 is 2.23 bits per heavy atom. The molecule has 2 aliphatic rings. The summed E-state index contributed by atoms with van der Waals surface area (Å²) in [5.74, 6) is -3.08. The molecule has 2 rings (SSSR count). The average molecular weight is 433 g/mol. The zero-order chi connectivity index (χ0) is 22.5. The summed E-state index contributed by atoms with van der Waals surface area (Å²) in [5, 5.41) is 5.22. The van der Waals surface area contributed by atoms with E-state index in [2.05, 4.69) is 10.6 Å². The van der Waals surface area contributed by atoms with E-state index in [4.69, 9.17) is 34.2 Å². The smallest absolute Gasteiger partial charge is 0.302 e. The molecule has 0 spiro atoms. The Kier molecular flexibility index (Phi) is 8.52. The molecule has 2 saturated heterocycles. The van der Waals surface area contributed by atoms with Gasteiger partial charge >= 0.3 is 5.97 Å². The van der Waals surface area contributed by atoms with Crippen molar-refractivity contribution in [3.63, 3.8) is 0 Å². The highest BCUT2D eigenvalue weighted by Crippen LogP contribution is 2.38. The minimum atomic E-state index is -1.45. The molecule has 0 saturated carbocycles. The molecule has 2 amide bonds. The molecule has 2 aliphatic heterocycles. The number of carbonyl (C=O) groups is 3. The van der Waals surface area contributed by atoms with Gasteiger partial charge in [-0.3, -0.25) is 14.4 Å². The Morgan fingerprint density at radius 2 is 1.70 bits per heavy atom. The van der Waals surface area contributed by atoms with Crippen LogP contribution in [0.1, 0.15) is 34.6 Å². The van der Waals surface area contributed by atoms with E-state index in [1.807, 2.05) is 0 Å². The third kappa shape index (κ3) is 6.33. The molecule has 0 bridgehead atoms. The fourth-order valence-corrected chi connectivity index (χ4v) is 3.23. The Labute approximate surface area is 175 Å². The average Bonchev–Trinajstić information content (AvgIpc) is 3.11. The van der Waals surface area contributed by atoms with E-state index in [1.54, 1.807) is 27.7 Å². The van der Waals surface area contributed by atoms with Crippen LogP contribution < -0.4 is 16.4 Å². The maximum Gasteiger partial charge on any atom is 0.302 e. The van der Waals surface area contributed by atoms with Crippen molar-refractivity contribution in [2.24, 2.45) is 5.73 Å². The van der Waals surface area contributed by atoms with Gasteiger partial charge in [0.2, 0.25) is 18.2 Å². The van der Waals surface area contributed by atoms with E-state index in [0.717, 1.165) is 0 Å². The minimum Gasteiger partial charge on any atom is -0.463 e. The van der Waals surface area contributed by atoms with Gasteiger partial charge < -0.3 is 39.5 Å². The zero-order valence-electron chi connectivity index (χ0n) is 17.8. The highest BCUT2D eigenvalue weighted by molar-refractivity contribution is 6.03. The van der Waals surface area contributed by atoms with Gasteiger partial charge in [0.25, 0.3) is 0 Å². The first-order valence-corrected chi connectivity index (χ1v) is 9.81. The summed E-state index contributed by atoms with van der Waals surface area (Å²) < 4.78 is 33.1. The Bertz CT molecular complexity index is 624. The van der Waals surface area contributed by atoms with Crippen LogP contribution in [-0.2, 0) is 42.8 Å². The maximum absolute atomic E-state index is 12.8. The molecule has 2 heterocycles. The topological polar surface area (TPSA) is 157 Å².